The summed E-state index contributed by atoms with van der Waals surface area (Å²) in [5.41, 5.74) is 2.89. The summed E-state index contributed by atoms with van der Waals surface area (Å²) in [6.45, 7) is 7.97. The number of carbonyl (C=O) groups is 2. The average Bonchev–Trinajstić information content (AvgIpc) is 2.82. The third-order valence-electron chi connectivity index (χ3n) is 3.74. The molecule has 0 spiro atoms. The zero-order valence-electron chi connectivity index (χ0n) is 14.0. The third kappa shape index (κ3) is 4.82. The molecule has 124 valence electrons. The van der Waals surface area contributed by atoms with E-state index in [9.17, 15) is 9.59 Å². The van der Waals surface area contributed by atoms with E-state index in [2.05, 4.69) is 15.6 Å². The summed E-state index contributed by atoms with van der Waals surface area (Å²) in [6, 6.07) is 6.08. The van der Waals surface area contributed by atoms with Crippen molar-refractivity contribution < 1.29 is 9.59 Å². The van der Waals surface area contributed by atoms with Gasteiger partial charge in [-0.05, 0) is 44.4 Å². The fourth-order valence-corrected chi connectivity index (χ4v) is 3.20. The second-order valence-corrected chi connectivity index (χ2v) is 7.05. The van der Waals surface area contributed by atoms with Gasteiger partial charge in [-0.2, -0.15) is 0 Å². The zero-order chi connectivity index (χ0) is 17.0. The van der Waals surface area contributed by atoms with E-state index >= 15 is 0 Å². The Balaban J connectivity index is 1.97. The normalized spacial score (nSPS) is 20.4. The minimum atomic E-state index is -0.414. The molecule has 0 unspecified atom stereocenters. The first kappa shape index (κ1) is 17.5. The van der Waals surface area contributed by atoms with Crippen LogP contribution >= 0.6 is 11.8 Å². The number of nitrogens with zero attached hydrogens (tertiary/aromatic N) is 1. The third-order valence-corrected chi connectivity index (χ3v) is 4.84. The fourth-order valence-electron chi connectivity index (χ4n) is 2.13. The van der Waals surface area contributed by atoms with E-state index in [1.54, 1.807) is 0 Å². The maximum absolute atomic E-state index is 12.2. The van der Waals surface area contributed by atoms with E-state index in [0.717, 1.165) is 23.2 Å². The number of rotatable bonds is 5. The van der Waals surface area contributed by atoms with E-state index < -0.39 is 5.25 Å². The minimum absolute atomic E-state index is 0.142. The van der Waals surface area contributed by atoms with Gasteiger partial charge in [0.2, 0.25) is 11.8 Å². The molecule has 5 nitrogen and oxygen atoms in total. The summed E-state index contributed by atoms with van der Waals surface area (Å²) in [7, 11) is 0. The first-order chi connectivity index (χ1) is 10.9. The largest absolute Gasteiger partial charge is 0.326 e. The number of amides is 2. The Labute approximate surface area is 141 Å². The van der Waals surface area contributed by atoms with Crippen LogP contribution < -0.4 is 10.6 Å². The Kier molecular flexibility index (Phi) is 5.82. The highest BCUT2D eigenvalue weighted by Gasteiger charge is 2.32. The Hall–Kier alpha value is -1.82. The van der Waals surface area contributed by atoms with Gasteiger partial charge < -0.3 is 10.6 Å². The highest BCUT2D eigenvalue weighted by atomic mass is 32.2. The molecule has 2 atom stereocenters. The first-order valence-corrected chi connectivity index (χ1v) is 8.69. The van der Waals surface area contributed by atoms with Gasteiger partial charge in [0.1, 0.15) is 5.25 Å². The van der Waals surface area contributed by atoms with Crippen molar-refractivity contribution in [1.82, 2.24) is 5.32 Å². The molecule has 6 heteroatoms. The second-order valence-electron chi connectivity index (χ2n) is 5.86. The predicted octanol–water partition coefficient (Wildman–Crippen LogP) is 3.02. The number of hydrogen-bond donors (Lipinski definition) is 2. The van der Waals surface area contributed by atoms with Crippen LogP contribution in [0.1, 0.15) is 37.8 Å². The van der Waals surface area contributed by atoms with Crippen LogP contribution in [0.2, 0.25) is 0 Å². The van der Waals surface area contributed by atoms with Crippen LogP contribution in [0, 0.1) is 13.8 Å². The van der Waals surface area contributed by atoms with Gasteiger partial charge in [-0.3, -0.25) is 14.6 Å². The van der Waals surface area contributed by atoms with Crippen molar-refractivity contribution in [1.29, 1.82) is 0 Å². The highest BCUT2D eigenvalue weighted by molar-refractivity contribution is 8.15. The molecule has 2 rings (SSSR count). The van der Waals surface area contributed by atoms with Crippen LogP contribution in [-0.2, 0) is 9.59 Å². The van der Waals surface area contributed by atoms with Crippen molar-refractivity contribution in [2.75, 3.05) is 5.32 Å². The summed E-state index contributed by atoms with van der Waals surface area (Å²) < 4.78 is 0. The standard InChI is InChI=1S/C17H23N3O2S/c1-5-12(4)18-17-20-16(22)14(23-17)9-15(21)19-13-8-10(2)6-7-11(13)3/h6-8,12,14H,5,9H2,1-4H3,(H,19,21)(H,18,20,22)/t12-,14-/m1/s1. The smallest absolute Gasteiger partial charge is 0.240 e. The molecule has 1 saturated heterocycles. The topological polar surface area (TPSA) is 70.6 Å². The summed E-state index contributed by atoms with van der Waals surface area (Å²) in [6.07, 6.45) is 1.06. The van der Waals surface area contributed by atoms with Crippen molar-refractivity contribution in [2.45, 2.75) is 51.8 Å². The Bertz CT molecular complexity index is 643. The van der Waals surface area contributed by atoms with Gasteiger partial charge in [0, 0.05) is 18.2 Å². The molecule has 23 heavy (non-hydrogen) atoms. The molecule has 1 fully saturated rings. The van der Waals surface area contributed by atoms with E-state index in [1.807, 2.05) is 45.9 Å². The highest BCUT2D eigenvalue weighted by Crippen LogP contribution is 2.24. The van der Waals surface area contributed by atoms with Gasteiger partial charge in [-0.25, -0.2) is 0 Å². The molecule has 1 heterocycles. The van der Waals surface area contributed by atoms with Crippen molar-refractivity contribution in [3.05, 3.63) is 29.3 Å². The van der Waals surface area contributed by atoms with Gasteiger partial charge in [-0.1, -0.05) is 30.8 Å². The molecule has 1 aromatic rings. The van der Waals surface area contributed by atoms with Crippen molar-refractivity contribution >= 4 is 34.4 Å². The van der Waals surface area contributed by atoms with Gasteiger partial charge in [0.05, 0.1) is 0 Å². The van der Waals surface area contributed by atoms with Crippen LogP contribution in [0.15, 0.2) is 23.2 Å². The molecule has 0 aromatic heterocycles. The lowest BCUT2D eigenvalue weighted by molar-refractivity contribution is -0.122. The number of benzene rings is 1. The Morgan fingerprint density at radius 3 is 2.87 bits per heavy atom. The van der Waals surface area contributed by atoms with Gasteiger partial charge in [-0.15, -0.1) is 0 Å². The Morgan fingerprint density at radius 2 is 2.17 bits per heavy atom. The number of anilines is 1. The second kappa shape index (κ2) is 7.64. The summed E-state index contributed by atoms with van der Waals surface area (Å²) in [5, 5.41) is 5.85. The van der Waals surface area contributed by atoms with E-state index in [-0.39, 0.29) is 24.3 Å². The number of hydrogen-bond acceptors (Lipinski definition) is 4. The monoisotopic (exact) mass is 333 g/mol. The number of aliphatic imine (C=N–C) groups is 1. The van der Waals surface area contributed by atoms with Crippen LogP contribution in [0.5, 0.6) is 0 Å². The molecular weight excluding hydrogens is 310 g/mol. The molecule has 2 amide bonds. The minimum Gasteiger partial charge on any atom is -0.326 e. The van der Waals surface area contributed by atoms with Gasteiger partial charge >= 0.3 is 0 Å². The lowest BCUT2D eigenvalue weighted by atomic mass is 10.1. The molecule has 0 aliphatic carbocycles. The Morgan fingerprint density at radius 1 is 1.43 bits per heavy atom. The van der Waals surface area contributed by atoms with Gasteiger partial charge in [0.15, 0.2) is 5.17 Å². The maximum Gasteiger partial charge on any atom is 0.240 e. The molecule has 0 bridgehead atoms. The molecule has 2 N–H and O–H groups in total. The van der Waals surface area contributed by atoms with Crippen LogP contribution in [0.4, 0.5) is 5.69 Å². The summed E-state index contributed by atoms with van der Waals surface area (Å²) in [4.78, 5) is 28.6. The van der Waals surface area contributed by atoms with Crippen molar-refractivity contribution in [2.24, 2.45) is 4.99 Å². The molecule has 1 aliphatic rings. The summed E-state index contributed by atoms with van der Waals surface area (Å²) in [5.74, 6) is -0.302. The SMILES string of the molecule is CC[C@@H](C)N=C1NC(=O)[C@@H](CC(=O)Nc2cc(C)ccc2C)S1. The van der Waals surface area contributed by atoms with E-state index in [0.29, 0.717) is 5.17 Å². The van der Waals surface area contributed by atoms with Crippen molar-refractivity contribution in [3.8, 4) is 0 Å². The lowest BCUT2D eigenvalue weighted by Crippen LogP contribution is -2.28. The number of thioether (sulfide) groups is 1. The maximum atomic E-state index is 12.2. The number of nitrogens with one attached hydrogen (secondary N) is 2. The molecule has 0 radical (unpaired) electrons. The average molecular weight is 333 g/mol. The number of carbonyl (C=O) groups excluding carboxylic acids is 2. The first-order valence-electron chi connectivity index (χ1n) is 7.81. The van der Waals surface area contributed by atoms with Gasteiger partial charge in [0.25, 0.3) is 0 Å². The number of aryl methyl sites for hydroxylation is 2. The molecular formula is C17H23N3O2S. The van der Waals surface area contributed by atoms with Crippen molar-refractivity contribution in [3.63, 3.8) is 0 Å². The lowest BCUT2D eigenvalue weighted by Gasteiger charge is -2.10. The van der Waals surface area contributed by atoms with Crippen LogP contribution in [-0.4, -0.2) is 28.3 Å². The van der Waals surface area contributed by atoms with E-state index in [4.69, 9.17) is 0 Å². The quantitative estimate of drug-likeness (QED) is 0.870. The number of amidine groups is 1. The van der Waals surface area contributed by atoms with E-state index in [1.165, 1.54) is 11.8 Å². The fraction of sp³-hybridized carbons (Fsp3) is 0.471. The zero-order valence-corrected chi connectivity index (χ0v) is 14.8. The summed E-state index contributed by atoms with van der Waals surface area (Å²) >= 11 is 1.34. The predicted molar refractivity (Wildman–Crippen MR) is 95.9 cm³/mol. The molecule has 0 saturated carbocycles. The van der Waals surface area contributed by atoms with Crippen LogP contribution in [0.25, 0.3) is 0 Å². The molecule has 1 aromatic carbocycles. The molecule has 1 aliphatic heterocycles. The van der Waals surface area contributed by atoms with Crippen LogP contribution in [0.3, 0.4) is 0 Å².